The smallest absolute Gasteiger partial charge is 0.222 e. The Kier molecular flexibility index (Phi) is 5.26. The molecule has 2 aliphatic heterocycles. The molecule has 1 aromatic carbocycles. The summed E-state index contributed by atoms with van der Waals surface area (Å²) in [5, 5.41) is 41.4. The van der Waals surface area contributed by atoms with Crippen molar-refractivity contribution in [1.29, 1.82) is 0 Å². The molecule has 12 heteroatoms. The van der Waals surface area contributed by atoms with Gasteiger partial charge in [0.15, 0.2) is 23.2 Å². The molecule has 2 aromatic rings. The molecule has 2 saturated heterocycles. The fourth-order valence-corrected chi connectivity index (χ4v) is 3.98. The number of ether oxygens (including phenoxy) is 1. The van der Waals surface area contributed by atoms with Crippen molar-refractivity contribution in [2.45, 2.75) is 49.3 Å². The number of nitrogens with one attached hydrogen (secondary N) is 1. The van der Waals surface area contributed by atoms with Crippen LogP contribution in [0.15, 0.2) is 18.3 Å². The molecule has 2 fully saturated rings. The van der Waals surface area contributed by atoms with Gasteiger partial charge in [-0.25, -0.2) is 17.9 Å². The second-order valence-corrected chi connectivity index (χ2v) is 7.39. The van der Waals surface area contributed by atoms with Crippen LogP contribution in [-0.4, -0.2) is 66.9 Å². The van der Waals surface area contributed by atoms with Crippen LogP contribution in [-0.2, 0) is 9.53 Å². The number of carbonyl (C=O) groups is 1. The topological polar surface area (TPSA) is 130 Å². The SMILES string of the molecule is O=C1CCCC2(N1)O[C@H](CO)[C@H](O)[C@H](n1cc(-c3cc(F)c(F)c(F)c3)nn1)[C@H]2O. The second kappa shape index (κ2) is 7.61. The Hall–Kier alpha value is -2.54. The molecule has 5 atom stereocenters. The number of benzene rings is 1. The van der Waals surface area contributed by atoms with Crippen LogP contribution in [0.5, 0.6) is 0 Å². The van der Waals surface area contributed by atoms with Crippen molar-refractivity contribution in [3.8, 4) is 11.3 Å². The summed E-state index contributed by atoms with van der Waals surface area (Å²) in [6.07, 6.45) is -1.96. The van der Waals surface area contributed by atoms with Gasteiger partial charge in [0.1, 0.15) is 30.0 Å². The summed E-state index contributed by atoms with van der Waals surface area (Å²) in [7, 11) is 0. The highest BCUT2D eigenvalue weighted by atomic mass is 19.2. The van der Waals surface area contributed by atoms with Crippen LogP contribution in [0.1, 0.15) is 25.3 Å². The molecule has 30 heavy (non-hydrogen) atoms. The molecule has 3 heterocycles. The van der Waals surface area contributed by atoms with Crippen molar-refractivity contribution in [3.63, 3.8) is 0 Å². The van der Waals surface area contributed by atoms with Gasteiger partial charge in [-0.1, -0.05) is 5.21 Å². The predicted octanol–water partition coefficient (Wildman–Crippen LogP) is 0.0128. The summed E-state index contributed by atoms with van der Waals surface area (Å²) in [6, 6.07) is 0.275. The molecular formula is C18H19F3N4O5. The van der Waals surface area contributed by atoms with Crippen LogP contribution >= 0.6 is 0 Å². The zero-order valence-electron chi connectivity index (χ0n) is 15.5. The second-order valence-electron chi connectivity index (χ2n) is 7.39. The van der Waals surface area contributed by atoms with E-state index < -0.39 is 54.1 Å². The Morgan fingerprint density at radius 1 is 1.27 bits per heavy atom. The third kappa shape index (κ3) is 3.35. The van der Waals surface area contributed by atoms with Crippen LogP contribution in [0.3, 0.4) is 0 Å². The first-order valence-corrected chi connectivity index (χ1v) is 9.28. The van der Waals surface area contributed by atoms with E-state index in [1.54, 1.807) is 0 Å². The molecule has 162 valence electrons. The molecule has 9 nitrogen and oxygen atoms in total. The number of carbonyl (C=O) groups excluding carboxylic acids is 1. The lowest BCUT2D eigenvalue weighted by atomic mass is 9.83. The summed E-state index contributed by atoms with van der Waals surface area (Å²) in [6.45, 7) is -0.599. The average Bonchev–Trinajstić information content (AvgIpc) is 3.19. The Bertz CT molecular complexity index is 950. The Morgan fingerprint density at radius 3 is 2.60 bits per heavy atom. The van der Waals surface area contributed by atoms with Gasteiger partial charge in [0.2, 0.25) is 5.91 Å². The fraction of sp³-hybridized carbons (Fsp3) is 0.500. The van der Waals surface area contributed by atoms with E-state index in [1.807, 2.05) is 0 Å². The third-order valence-electron chi connectivity index (χ3n) is 5.47. The zero-order valence-corrected chi connectivity index (χ0v) is 15.5. The van der Waals surface area contributed by atoms with E-state index in [4.69, 9.17) is 4.74 Å². The van der Waals surface area contributed by atoms with Gasteiger partial charge < -0.3 is 25.4 Å². The Labute approximate surface area is 168 Å². The molecule has 0 radical (unpaired) electrons. The van der Waals surface area contributed by atoms with Gasteiger partial charge in [0, 0.05) is 12.0 Å². The highest BCUT2D eigenvalue weighted by molar-refractivity contribution is 5.77. The Balaban J connectivity index is 1.71. The number of rotatable bonds is 3. The van der Waals surface area contributed by atoms with Gasteiger partial charge in [-0.05, 0) is 25.0 Å². The number of piperidine rings is 1. The van der Waals surface area contributed by atoms with Gasteiger partial charge in [0.05, 0.1) is 12.8 Å². The van der Waals surface area contributed by atoms with Gasteiger partial charge in [-0.2, -0.15) is 0 Å². The van der Waals surface area contributed by atoms with Gasteiger partial charge in [-0.15, -0.1) is 5.10 Å². The van der Waals surface area contributed by atoms with Crippen molar-refractivity contribution >= 4 is 5.91 Å². The molecular weight excluding hydrogens is 409 g/mol. The fourth-order valence-electron chi connectivity index (χ4n) is 3.98. The van der Waals surface area contributed by atoms with E-state index in [0.29, 0.717) is 6.42 Å². The molecule has 0 saturated carbocycles. The number of amides is 1. The quantitative estimate of drug-likeness (QED) is 0.507. The minimum atomic E-state index is -1.62. The maximum atomic E-state index is 13.5. The van der Waals surface area contributed by atoms with Gasteiger partial charge in [0.25, 0.3) is 0 Å². The monoisotopic (exact) mass is 428 g/mol. The summed E-state index contributed by atoms with van der Waals surface area (Å²) in [5.74, 6) is -4.80. The van der Waals surface area contributed by atoms with Crippen LogP contribution < -0.4 is 5.32 Å². The van der Waals surface area contributed by atoms with Crippen molar-refractivity contribution in [2.75, 3.05) is 6.61 Å². The minimum absolute atomic E-state index is 0.0408. The van der Waals surface area contributed by atoms with E-state index >= 15 is 0 Å². The largest absolute Gasteiger partial charge is 0.394 e. The number of nitrogens with zero attached hydrogens (tertiary/aromatic N) is 3. The normalized spacial score (nSPS) is 31.7. The first-order valence-electron chi connectivity index (χ1n) is 9.28. The van der Waals surface area contributed by atoms with Crippen molar-refractivity contribution < 1.29 is 38.0 Å². The highest BCUT2D eigenvalue weighted by Crippen LogP contribution is 2.39. The third-order valence-corrected chi connectivity index (χ3v) is 5.47. The standard InChI is InChI=1S/C18H19F3N4O5/c19-9-4-8(5-10(20)14(9)21)11-6-25(24-23-11)15-16(28)12(7-26)30-18(17(15)29)3-1-2-13(27)22-18/h4-6,12,15-17,26,28-29H,1-3,7H2,(H,22,27)/t12-,15+,16+,17-,18?/m1/s1. The van der Waals surface area contributed by atoms with Crippen LogP contribution in [0.25, 0.3) is 11.3 Å². The number of halogens is 3. The lowest BCUT2D eigenvalue weighted by Gasteiger charge is -2.51. The lowest BCUT2D eigenvalue weighted by molar-refractivity contribution is -0.271. The molecule has 1 aromatic heterocycles. The summed E-state index contributed by atoms with van der Waals surface area (Å²) in [5.41, 5.74) is -1.69. The molecule has 0 aliphatic carbocycles. The number of hydrogen-bond donors (Lipinski definition) is 4. The van der Waals surface area contributed by atoms with Crippen LogP contribution in [0.2, 0.25) is 0 Å². The predicted molar refractivity (Wildman–Crippen MR) is 93.1 cm³/mol. The first kappa shape index (κ1) is 20.7. The number of aromatic nitrogens is 3. The summed E-state index contributed by atoms with van der Waals surface area (Å²) < 4.78 is 47.0. The number of aliphatic hydroxyl groups is 3. The number of hydrogen-bond acceptors (Lipinski definition) is 7. The molecule has 2 aliphatic rings. The summed E-state index contributed by atoms with van der Waals surface area (Å²) >= 11 is 0. The van der Waals surface area contributed by atoms with E-state index in [0.717, 1.165) is 16.8 Å². The summed E-state index contributed by atoms with van der Waals surface area (Å²) in [4.78, 5) is 11.9. The van der Waals surface area contributed by atoms with Gasteiger partial charge >= 0.3 is 0 Å². The molecule has 0 bridgehead atoms. The van der Waals surface area contributed by atoms with E-state index in [9.17, 15) is 33.3 Å². The Morgan fingerprint density at radius 2 is 1.97 bits per heavy atom. The van der Waals surface area contributed by atoms with Crippen molar-refractivity contribution in [3.05, 3.63) is 35.8 Å². The first-order chi connectivity index (χ1) is 14.3. The molecule has 4 N–H and O–H groups in total. The van der Waals surface area contributed by atoms with E-state index in [2.05, 4.69) is 15.6 Å². The van der Waals surface area contributed by atoms with E-state index in [1.165, 1.54) is 6.20 Å². The number of aliphatic hydroxyl groups excluding tert-OH is 3. The lowest BCUT2D eigenvalue weighted by Crippen LogP contribution is -2.70. The average molecular weight is 428 g/mol. The van der Waals surface area contributed by atoms with Crippen LogP contribution in [0, 0.1) is 17.5 Å². The highest BCUT2D eigenvalue weighted by Gasteiger charge is 2.56. The maximum Gasteiger partial charge on any atom is 0.222 e. The van der Waals surface area contributed by atoms with Gasteiger partial charge in [-0.3, -0.25) is 4.79 Å². The van der Waals surface area contributed by atoms with E-state index in [-0.39, 0.29) is 30.0 Å². The minimum Gasteiger partial charge on any atom is -0.394 e. The molecule has 4 rings (SSSR count). The van der Waals surface area contributed by atoms with Crippen molar-refractivity contribution in [1.82, 2.24) is 20.3 Å². The zero-order chi connectivity index (χ0) is 21.6. The van der Waals surface area contributed by atoms with Crippen LogP contribution in [0.4, 0.5) is 13.2 Å². The van der Waals surface area contributed by atoms with Crippen molar-refractivity contribution in [2.24, 2.45) is 0 Å². The maximum absolute atomic E-state index is 13.5. The molecule has 1 unspecified atom stereocenters. The molecule has 1 amide bonds. The molecule has 1 spiro atoms.